The van der Waals surface area contributed by atoms with Gasteiger partial charge in [-0.15, -0.1) is 11.8 Å². The van der Waals surface area contributed by atoms with Crippen molar-refractivity contribution in [3.8, 4) is 0 Å². The number of carbonyl (C=O) groups excluding carboxylic acids is 1. The van der Waals surface area contributed by atoms with E-state index in [0.717, 1.165) is 19.3 Å². The Labute approximate surface area is 124 Å². The largest absolute Gasteiger partial charge is 0.480 e. The number of rotatable bonds is 4. The highest BCUT2D eigenvalue weighted by molar-refractivity contribution is 8.00. The van der Waals surface area contributed by atoms with Crippen molar-refractivity contribution >= 4 is 23.8 Å². The van der Waals surface area contributed by atoms with Crippen LogP contribution >= 0.6 is 11.8 Å². The number of thioether (sulfide) groups is 1. The first kappa shape index (κ1) is 15.5. The van der Waals surface area contributed by atoms with Crippen molar-refractivity contribution in [2.24, 2.45) is 0 Å². The van der Waals surface area contributed by atoms with Gasteiger partial charge in [-0.1, -0.05) is 19.8 Å². The lowest BCUT2D eigenvalue weighted by Gasteiger charge is -2.35. The van der Waals surface area contributed by atoms with Gasteiger partial charge in [0.25, 0.3) is 0 Å². The molecule has 0 aromatic heterocycles. The average molecular weight is 300 g/mol. The van der Waals surface area contributed by atoms with Gasteiger partial charge in [0.1, 0.15) is 6.04 Å². The summed E-state index contributed by atoms with van der Waals surface area (Å²) in [7, 11) is 0. The predicted molar refractivity (Wildman–Crippen MR) is 79.8 cm³/mol. The number of carboxylic acids is 1. The predicted octanol–water partition coefficient (Wildman–Crippen LogP) is 2.61. The molecule has 2 rings (SSSR count). The maximum absolute atomic E-state index is 12.8. The molecule has 20 heavy (non-hydrogen) atoms. The quantitative estimate of drug-likeness (QED) is 0.867. The monoisotopic (exact) mass is 300 g/mol. The lowest BCUT2D eigenvalue weighted by molar-refractivity contribution is -0.141. The highest BCUT2D eigenvalue weighted by atomic mass is 32.2. The van der Waals surface area contributed by atoms with E-state index in [1.54, 1.807) is 16.7 Å². The van der Waals surface area contributed by atoms with Gasteiger partial charge in [-0.25, -0.2) is 9.59 Å². The molecule has 1 aliphatic heterocycles. The number of urea groups is 1. The maximum atomic E-state index is 12.8. The van der Waals surface area contributed by atoms with Crippen molar-refractivity contribution in [1.29, 1.82) is 0 Å². The number of nitrogens with zero attached hydrogens (tertiary/aromatic N) is 2. The molecular weight excluding hydrogens is 276 g/mol. The summed E-state index contributed by atoms with van der Waals surface area (Å²) in [5.41, 5.74) is 0. The van der Waals surface area contributed by atoms with Crippen LogP contribution < -0.4 is 0 Å². The van der Waals surface area contributed by atoms with Crippen molar-refractivity contribution in [1.82, 2.24) is 9.80 Å². The van der Waals surface area contributed by atoms with Crippen LogP contribution in [0, 0.1) is 0 Å². The van der Waals surface area contributed by atoms with Crippen LogP contribution in [0.3, 0.4) is 0 Å². The Morgan fingerprint density at radius 2 is 1.95 bits per heavy atom. The van der Waals surface area contributed by atoms with Crippen LogP contribution in [-0.2, 0) is 4.79 Å². The Morgan fingerprint density at radius 3 is 2.45 bits per heavy atom. The summed E-state index contributed by atoms with van der Waals surface area (Å²) in [5, 5.41) is 9.34. The van der Waals surface area contributed by atoms with Gasteiger partial charge in [-0.05, 0) is 26.2 Å². The number of hydrogen-bond acceptors (Lipinski definition) is 3. The van der Waals surface area contributed by atoms with Crippen LogP contribution in [0.2, 0.25) is 0 Å². The summed E-state index contributed by atoms with van der Waals surface area (Å²) < 4.78 is 0. The minimum atomic E-state index is -0.885. The van der Waals surface area contributed by atoms with Crippen molar-refractivity contribution in [2.45, 2.75) is 63.4 Å². The third-order valence-electron chi connectivity index (χ3n) is 4.30. The molecule has 1 saturated carbocycles. The van der Waals surface area contributed by atoms with E-state index in [-0.39, 0.29) is 11.4 Å². The lowest BCUT2D eigenvalue weighted by Crippen LogP contribution is -2.53. The maximum Gasteiger partial charge on any atom is 0.327 e. The molecule has 2 aliphatic rings. The second kappa shape index (κ2) is 6.70. The highest BCUT2D eigenvalue weighted by Gasteiger charge is 2.43. The molecule has 0 aromatic carbocycles. The summed E-state index contributed by atoms with van der Waals surface area (Å²) in [5.74, 6) is -0.383. The van der Waals surface area contributed by atoms with Gasteiger partial charge >= 0.3 is 12.0 Å². The molecule has 114 valence electrons. The van der Waals surface area contributed by atoms with Crippen molar-refractivity contribution in [2.75, 3.05) is 12.3 Å². The van der Waals surface area contributed by atoms with Gasteiger partial charge in [-0.3, -0.25) is 4.90 Å². The van der Waals surface area contributed by atoms with Gasteiger partial charge in [0, 0.05) is 18.3 Å². The lowest BCUT2D eigenvalue weighted by atomic mass is 10.2. The van der Waals surface area contributed by atoms with E-state index in [1.807, 2.05) is 18.7 Å². The van der Waals surface area contributed by atoms with Gasteiger partial charge in [0.05, 0.1) is 5.37 Å². The van der Waals surface area contributed by atoms with Crippen molar-refractivity contribution < 1.29 is 14.7 Å². The zero-order valence-electron chi connectivity index (χ0n) is 12.2. The van der Waals surface area contributed by atoms with E-state index < -0.39 is 12.0 Å². The topological polar surface area (TPSA) is 60.9 Å². The SMILES string of the molecule is CCC1SCC(C(=O)O)N1C(=O)N(CC)C1CCCC1. The van der Waals surface area contributed by atoms with Gasteiger partial charge < -0.3 is 10.0 Å². The average Bonchev–Trinajstić information content (AvgIpc) is 3.08. The first-order valence-corrected chi connectivity index (χ1v) is 8.58. The fourth-order valence-corrected chi connectivity index (χ4v) is 4.58. The zero-order chi connectivity index (χ0) is 14.7. The number of amides is 2. The summed E-state index contributed by atoms with van der Waals surface area (Å²) in [6.07, 6.45) is 5.23. The molecule has 1 heterocycles. The number of carbonyl (C=O) groups is 2. The second-order valence-electron chi connectivity index (χ2n) is 5.46. The zero-order valence-corrected chi connectivity index (χ0v) is 13.1. The van der Waals surface area contributed by atoms with Crippen molar-refractivity contribution in [3.05, 3.63) is 0 Å². The Morgan fingerprint density at radius 1 is 1.30 bits per heavy atom. The van der Waals surface area contributed by atoms with Crippen molar-refractivity contribution in [3.63, 3.8) is 0 Å². The number of carboxylic acid groups (broad SMARTS) is 1. The van der Waals surface area contributed by atoms with Crippen LogP contribution in [0.1, 0.15) is 46.0 Å². The van der Waals surface area contributed by atoms with Crippen LogP contribution in [0.5, 0.6) is 0 Å². The molecule has 2 fully saturated rings. The molecular formula is C14H24N2O3S. The molecule has 2 unspecified atom stereocenters. The Hall–Kier alpha value is -0.910. The fraction of sp³-hybridized carbons (Fsp3) is 0.857. The molecule has 1 aliphatic carbocycles. The third-order valence-corrected chi connectivity index (χ3v) is 5.75. The van der Waals surface area contributed by atoms with Crippen LogP contribution in [-0.4, -0.2) is 56.7 Å². The van der Waals surface area contributed by atoms with E-state index in [9.17, 15) is 14.7 Å². The fourth-order valence-electron chi connectivity index (χ4n) is 3.24. The molecule has 0 aromatic rings. The van der Waals surface area contributed by atoms with E-state index in [1.165, 1.54) is 12.8 Å². The molecule has 0 bridgehead atoms. The van der Waals surface area contributed by atoms with Gasteiger partial charge in [-0.2, -0.15) is 0 Å². The van der Waals surface area contributed by atoms with Gasteiger partial charge in [0.15, 0.2) is 0 Å². The van der Waals surface area contributed by atoms with E-state index in [2.05, 4.69) is 0 Å². The van der Waals surface area contributed by atoms with E-state index in [4.69, 9.17) is 0 Å². The summed E-state index contributed by atoms with van der Waals surface area (Å²) in [6.45, 7) is 4.65. The first-order valence-electron chi connectivity index (χ1n) is 7.53. The molecule has 2 atom stereocenters. The van der Waals surface area contributed by atoms with Crippen LogP contribution in [0.4, 0.5) is 4.79 Å². The molecule has 2 amide bonds. The summed E-state index contributed by atoms with van der Waals surface area (Å²) in [4.78, 5) is 27.7. The van der Waals surface area contributed by atoms with Gasteiger partial charge in [0.2, 0.25) is 0 Å². The summed E-state index contributed by atoms with van der Waals surface area (Å²) in [6, 6.07) is -0.457. The molecule has 0 radical (unpaired) electrons. The van der Waals surface area contributed by atoms with E-state index >= 15 is 0 Å². The molecule has 0 spiro atoms. The minimum Gasteiger partial charge on any atom is -0.480 e. The molecule has 6 heteroatoms. The highest BCUT2D eigenvalue weighted by Crippen LogP contribution is 2.34. The first-order chi connectivity index (χ1) is 9.60. The smallest absolute Gasteiger partial charge is 0.327 e. The van der Waals surface area contributed by atoms with Crippen LogP contribution in [0.25, 0.3) is 0 Å². The Balaban J connectivity index is 2.16. The van der Waals surface area contributed by atoms with E-state index in [0.29, 0.717) is 18.3 Å². The minimum absolute atomic E-state index is 0.000877. The number of hydrogen-bond donors (Lipinski definition) is 1. The Bertz CT molecular complexity index is 371. The second-order valence-corrected chi connectivity index (χ2v) is 6.68. The summed E-state index contributed by atoms with van der Waals surface area (Å²) >= 11 is 1.58. The Kier molecular flexibility index (Phi) is 5.18. The van der Waals surface area contributed by atoms with Crippen LogP contribution in [0.15, 0.2) is 0 Å². The third kappa shape index (κ3) is 2.90. The standard InChI is InChI=1S/C14H24N2O3S/c1-3-12-16(11(9-20-12)13(17)18)14(19)15(4-2)10-7-5-6-8-10/h10-12H,3-9H2,1-2H3,(H,17,18). The number of aliphatic carboxylic acids is 1. The molecule has 1 saturated heterocycles. The normalized spacial score (nSPS) is 27.0. The molecule has 5 nitrogen and oxygen atoms in total. The molecule has 1 N–H and O–H groups in total.